The molecule has 0 aliphatic rings. The first-order chi connectivity index (χ1) is 6.62. The SMILES string of the molecule is [CH2-]CCN(C)C.[CH2-]CCN(CC)CC.[Zn+2]. The first-order valence-corrected chi connectivity index (χ1v) is 5.57. The van der Waals surface area contributed by atoms with Gasteiger partial charge >= 0.3 is 19.5 Å². The maximum atomic E-state index is 3.78. The van der Waals surface area contributed by atoms with E-state index in [-0.39, 0.29) is 19.5 Å². The van der Waals surface area contributed by atoms with Crippen LogP contribution in [0.4, 0.5) is 0 Å². The van der Waals surface area contributed by atoms with Crippen molar-refractivity contribution < 1.29 is 19.5 Å². The van der Waals surface area contributed by atoms with Crippen LogP contribution in [0.25, 0.3) is 0 Å². The largest absolute Gasteiger partial charge is 2.00 e. The molecule has 0 atom stereocenters. The standard InChI is InChI=1S/C7H16N.C5H12N.Zn/c1-4-7-8(5-2)6-3;1-4-5-6(2)3;/h1,4-7H2,2-3H3;1,4-5H2,2-3H3;/q2*-1;+2. The molecule has 0 aliphatic carbocycles. The van der Waals surface area contributed by atoms with E-state index in [2.05, 4.69) is 37.5 Å². The zero-order chi connectivity index (χ0) is 11.4. The van der Waals surface area contributed by atoms with Gasteiger partial charge in [-0.2, -0.15) is 12.8 Å². The van der Waals surface area contributed by atoms with Crippen molar-refractivity contribution >= 4 is 0 Å². The molecule has 15 heavy (non-hydrogen) atoms. The van der Waals surface area contributed by atoms with Gasteiger partial charge < -0.3 is 23.6 Å². The maximum absolute atomic E-state index is 3.78. The van der Waals surface area contributed by atoms with Crippen LogP contribution in [0.1, 0.15) is 26.7 Å². The Hall–Kier alpha value is 0.543. The van der Waals surface area contributed by atoms with E-state index in [0.29, 0.717) is 0 Å². The van der Waals surface area contributed by atoms with E-state index in [0.717, 1.165) is 39.0 Å². The average molecular weight is 266 g/mol. The van der Waals surface area contributed by atoms with Gasteiger partial charge in [-0.1, -0.05) is 13.8 Å². The van der Waals surface area contributed by atoms with Gasteiger partial charge in [0, 0.05) is 0 Å². The third kappa shape index (κ3) is 20.6. The second-order valence-corrected chi connectivity index (χ2v) is 3.54. The quantitative estimate of drug-likeness (QED) is 0.537. The van der Waals surface area contributed by atoms with Crippen molar-refractivity contribution in [3.8, 4) is 0 Å². The first-order valence-electron chi connectivity index (χ1n) is 5.57. The molecule has 0 saturated carbocycles. The summed E-state index contributed by atoms with van der Waals surface area (Å²) in [5, 5.41) is 0. The van der Waals surface area contributed by atoms with Crippen molar-refractivity contribution in [2.24, 2.45) is 0 Å². The molecule has 3 heteroatoms. The van der Waals surface area contributed by atoms with Crippen LogP contribution in [0.5, 0.6) is 0 Å². The summed E-state index contributed by atoms with van der Waals surface area (Å²) < 4.78 is 0. The molecule has 0 aromatic rings. The number of rotatable bonds is 6. The number of hydrogen-bond acceptors (Lipinski definition) is 2. The van der Waals surface area contributed by atoms with E-state index in [4.69, 9.17) is 0 Å². The second-order valence-electron chi connectivity index (χ2n) is 3.54. The van der Waals surface area contributed by atoms with Crippen LogP contribution in [0, 0.1) is 13.8 Å². The fourth-order valence-electron chi connectivity index (χ4n) is 1.08. The van der Waals surface area contributed by atoms with Crippen molar-refractivity contribution in [3.63, 3.8) is 0 Å². The van der Waals surface area contributed by atoms with Crippen LogP contribution in [0.2, 0.25) is 0 Å². The van der Waals surface area contributed by atoms with Gasteiger partial charge in [-0.05, 0) is 40.3 Å². The second kappa shape index (κ2) is 17.0. The van der Waals surface area contributed by atoms with Gasteiger partial charge in [0.25, 0.3) is 0 Å². The van der Waals surface area contributed by atoms with E-state index in [1.807, 2.05) is 14.1 Å². The van der Waals surface area contributed by atoms with Crippen molar-refractivity contribution in [1.29, 1.82) is 0 Å². The summed E-state index contributed by atoms with van der Waals surface area (Å²) in [6.45, 7) is 16.4. The molecule has 0 fully saturated rings. The van der Waals surface area contributed by atoms with Crippen molar-refractivity contribution in [3.05, 3.63) is 13.8 Å². The molecule has 0 rings (SSSR count). The predicted octanol–water partition coefficient (Wildman–Crippen LogP) is 2.32. The monoisotopic (exact) mass is 264 g/mol. The van der Waals surface area contributed by atoms with E-state index in [9.17, 15) is 0 Å². The Morgan fingerprint density at radius 1 is 0.867 bits per heavy atom. The Morgan fingerprint density at radius 3 is 1.33 bits per heavy atom. The molecule has 2 nitrogen and oxygen atoms in total. The van der Waals surface area contributed by atoms with Crippen molar-refractivity contribution in [1.82, 2.24) is 9.80 Å². The maximum Gasteiger partial charge on any atom is 2.00 e. The van der Waals surface area contributed by atoms with Crippen LogP contribution in [-0.4, -0.2) is 50.1 Å². The molecule has 0 saturated heterocycles. The fourth-order valence-corrected chi connectivity index (χ4v) is 1.08. The van der Waals surface area contributed by atoms with Crippen LogP contribution < -0.4 is 0 Å². The Bertz CT molecular complexity index is 93.6. The minimum atomic E-state index is 0. The zero-order valence-corrected chi connectivity index (χ0v) is 14.2. The van der Waals surface area contributed by atoms with Gasteiger partial charge in [0.2, 0.25) is 0 Å². The van der Waals surface area contributed by atoms with Crippen LogP contribution in [0.15, 0.2) is 0 Å². The first kappa shape index (κ1) is 20.9. The number of hydrogen-bond donors (Lipinski definition) is 0. The zero-order valence-electron chi connectivity index (χ0n) is 11.3. The van der Waals surface area contributed by atoms with Gasteiger partial charge in [-0.25, -0.2) is 0 Å². The van der Waals surface area contributed by atoms with Gasteiger partial charge in [0.15, 0.2) is 0 Å². The third-order valence-electron chi connectivity index (χ3n) is 1.97. The topological polar surface area (TPSA) is 6.48 Å². The van der Waals surface area contributed by atoms with E-state index < -0.39 is 0 Å². The summed E-state index contributed by atoms with van der Waals surface area (Å²) in [5.41, 5.74) is 0. The molecule has 0 radical (unpaired) electrons. The summed E-state index contributed by atoms with van der Waals surface area (Å²) in [6.07, 6.45) is 2.04. The van der Waals surface area contributed by atoms with Crippen molar-refractivity contribution in [2.45, 2.75) is 26.7 Å². The molecular formula is C12H28N2Zn. The van der Waals surface area contributed by atoms with Gasteiger partial charge in [0.05, 0.1) is 0 Å². The number of nitrogens with zero attached hydrogens (tertiary/aromatic N) is 2. The van der Waals surface area contributed by atoms with E-state index in [1.54, 1.807) is 0 Å². The van der Waals surface area contributed by atoms with Gasteiger partial charge in [0.1, 0.15) is 0 Å². The Balaban J connectivity index is -0.000000187. The van der Waals surface area contributed by atoms with Gasteiger partial charge in [-0.15, -0.1) is 0 Å². The molecule has 0 heterocycles. The molecule has 88 valence electrons. The van der Waals surface area contributed by atoms with Crippen LogP contribution in [-0.2, 0) is 19.5 Å². The molecule has 0 aromatic carbocycles. The smallest absolute Gasteiger partial charge is 0.342 e. The Kier molecular flexibility index (Phi) is 23.6. The molecule has 0 aromatic heterocycles. The third-order valence-corrected chi connectivity index (χ3v) is 1.97. The Morgan fingerprint density at radius 2 is 1.27 bits per heavy atom. The molecule has 0 aliphatic heterocycles. The molecule has 0 spiro atoms. The average Bonchev–Trinajstić information content (AvgIpc) is 2.15. The molecule has 0 N–H and O–H groups in total. The van der Waals surface area contributed by atoms with Crippen LogP contribution in [0.3, 0.4) is 0 Å². The van der Waals surface area contributed by atoms with Crippen molar-refractivity contribution in [2.75, 3.05) is 40.3 Å². The van der Waals surface area contributed by atoms with E-state index in [1.165, 1.54) is 0 Å². The van der Waals surface area contributed by atoms with E-state index >= 15 is 0 Å². The molecule has 0 bridgehead atoms. The summed E-state index contributed by atoms with van der Waals surface area (Å²) >= 11 is 0. The molecular weight excluding hydrogens is 238 g/mol. The fraction of sp³-hybridized carbons (Fsp3) is 0.833. The molecule has 0 amide bonds. The minimum absolute atomic E-state index is 0. The van der Waals surface area contributed by atoms with Crippen LogP contribution >= 0.6 is 0 Å². The van der Waals surface area contributed by atoms with Gasteiger partial charge in [-0.3, -0.25) is 0 Å². The summed E-state index contributed by atoms with van der Waals surface area (Å²) in [6, 6.07) is 0. The summed E-state index contributed by atoms with van der Waals surface area (Å²) in [4.78, 5) is 4.49. The predicted molar refractivity (Wildman–Crippen MR) is 66.3 cm³/mol. The summed E-state index contributed by atoms with van der Waals surface area (Å²) in [7, 11) is 4.09. The molecule has 0 unspecified atom stereocenters. The summed E-state index contributed by atoms with van der Waals surface area (Å²) in [5.74, 6) is 0. The minimum Gasteiger partial charge on any atom is -0.342 e. The Labute approximate surface area is 110 Å². The normalized spacial score (nSPS) is 9.60.